The summed E-state index contributed by atoms with van der Waals surface area (Å²) in [7, 11) is 0. The number of benzene rings is 2. The van der Waals surface area contributed by atoms with E-state index >= 15 is 0 Å². The molecule has 4 N–H and O–H groups in total. The van der Waals surface area contributed by atoms with Gasteiger partial charge in [0.25, 0.3) is 0 Å². The van der Waals surface area contributed by atoms with Crippen molar-refractivity contribution in [1.29, 1.82) is 0 Å². The SMILES string of the molecule is CCOC(=O)c1ccc(N=Nc2c(N)nn(-c3ccccc3)c2N)cc1. The molecule has 0 saturated heterocycles. The number of esters is 1. The Kier molecular flexibility index (Phi) is 4.93. The van der Waals surface area contributed by atoms with Gasteiger partial charge in [0.05, 0.1) is 23.5 Å². The van der Waals surface area contributed by atoms with Crippen LogP contribution in [0.3, 0.4) is 0 Å². The van der Waals surface area contributed by atoms with Crippen LogP contribution in [0.5, 0.6) is 0 Å². The maximum absolute atomic E-state index is 11.6. The summed E-state index contributed by atoms with van der Waals surface area (Å²) >= 11 is 0. The number of hydrogen-bond donors (Lipinski definition) is 2. The highest BCUT2D eigenvalue weighted by atomic mass is 16.5. The number of hydrogen-bond acceptors (Lipinski definition) is 7. The summed E-state index contributed by atoms with van der Waals surface area (Å²) in [5.41, 5.74) is 14.1. The summed E-state index contributed by atoms with van der Waals surface area (Å²) in [5, 5.41) is 12.4. The molecule has 0 spiro atoms. The Morgan fingerprint density at radius 1 is 1.08 bits per heavy atom. The first-order valence-electron chi connectivity index (χ1n) is 7.98. The highest BCUT2D eigenvalue weighted by molar-refractivity contribution is 5.89. The number of carbonyl (C=O) groups is 1. The van der Waals surface area contributed by atoms with Crippen LogP contribution in [0.1, 0.15) is 17.3 Å². The predicted octanol–water partition coefficient (Wildman–Crippen LogP) is 3.63. The number of nitrogens with zero attached hydrogens (tertiary/aromatic N) is 4. The van der Waals surface area contributed by atoms with Crippen LogP contribution in [0.25, 0.3) is 5.69 Å². The molecular formula is C18H18N6O2. The second kappa shape index (κ2) is 7.47. The van der Waals surface area contributed by atoms with Crippen molar-refractivity contribution in [3.8, 4) is 5.69 Å². The standard InChI is InChI=1S/C18H18N6O2/c1-2-26-18(25)12-8-10-13(11-9-12)21-22-15-16(19)23-24(17(15)20)14-6-4-3-5-7-14/h3-11H,2,20H2,1H3,(H2,19,23). The lowest BCUT2D eigenvalue weighted by atomic mass is 10.2. The third-order valence-electron chi connectivity index (χ3n) is 3.57. The lowest BCUT2D eigenvalue weighted by Gasteiger charge is -2.02. The van der Waals surface area contributed by atoms with Crippen molar-refractivity contribution >= 4 is 29.0 Å². The second-order valence-corrected chi connectivity index (χ2v) is 5.33. The maximum atomic E-state index is 11.6. The molecule has 1 heterocycles. The molecule has 2 aromatic carbocycles. The summed E-state index contributed by atoms with van der Waals surface area (Å²) in [4.78, 5) is 11.6. The van der Waals surface area contributed by atoms with E-state index in [1.807, 2.05) is 30.3 Å². The van der Waals surface area contributed by atoms with E-state index in [2.05, 4.69) is 15.3 Å². The molecule has 0 saturated carbocycles. The van der Waals surface area contributed by atoms with Crippen molar-refractivity contribution in [3.05, 3.63) is 60.2 Å². The molecule has 8 heteroatoms. The molecule has 0 fully saturated rings. The van der Waals surface area contributed by atoms with Gasteiger partial charge >= 0.3 is 5.97 Å². The van der Waals surface area contributed by atoms with Crippen molar-refractivity contribution in [2.24, 2.45) is 10.2 Å². The number of nitrogens with two attached hydrogens (primary N) is 2. The Morgan fingerprint density at radius 3 is 2.42 bits per heavy atom. The molecule has 132 valence electrons. The lowest BCUT2D eigenvalue weighted by Crippen LogP contribution is -2.03. The quantitative estimate of drug-likeness (QED) is 0.537. The first-order valence-corrected chi connectivity index (χ1v) is 7.98. The summed E-state index contributed by atoms with van der Waals surface area (Å²) in [5.74, 6) is 0.0902. The van der Waals surface area contributed by atoms with E-state index in [1.54, 1.807) is 31.2 Å². The van der Waals surface area contributed by atoms with Crippen LogP contribution in [-0.4, -0.2) is 22.4 Å². The van der Waals surface area contributed by atoms with Crippen LogP contribution in [0.2, 0.25) is 0 Å². The van der Waals surface area contributed by atoms with Crippen molar-refractivity contribution in [1.82, 2.24) is 9.78 Å². The first kappa shape index (κ1) is 17.2. The van der Waals surface area contributed by atoms with E-state index in [0.717, 1.165) is 5.69 Å². The van der Waals surface area contributed by atoms with Crippen molar-refractivity contribution in [2.45, 2.75) is 6.92 Å². The van der Waals surface area contributed by atoms with Crippen molar-refractivity contribution in [3.63, 3.8) is 0 Å². The van der Waals surface area contributed by atoms with Gasteiger partial charge in [0.15, 0.2) is 17.3 Å². The van der Waals surface area contributed by atoms with Crippen LogP contribution in [0, 0.1) is 0 Å². The van der Waals surface area contributed by atoms with Gasteiger partial charge in [0, 0.05) is 0 Å². The van der Waals surface area contributed by atoms with Gasteiger partial charge in [-0.3, -0.25) is 0 Å². The van der Waals surface area contributed by atoms with Gasteiger partial charge in [-0.25, -0.2) is 9.48 Å². The highest BCUT2D eigenvalue weighted by Crippen LogP contribution is 2.32. The molecular weight excluding hydrogens is 332 g/mol. The number of nitrogen functional groups attached to an aromatic ring is 2. The van der Waals surface area contributed by atoms with Crippen LogP contribution in [-0.2, 0) is 4.74 Å². The van der Waals surface area contributed by atoms with E-state index in [-0.39, 0.29) is 11.8 Å². The van der Waals surface area contributed by atoms with Gasteiger partial charge in [0.2, 0.25) is 0 Å². The fraction of sp³-hybridized carbons (Fsp3) is 0.111. The van der Waals surface area contributed by atoms with Crippen molar-refractivity contribution < 1.29 is 9.53 Å². The molecule has 0 radical (unpaired) electrons. The normalized spacial score (nSPS) is 11.0. The Hall–Kier alpha value is -3.68. The molecule has 0 aliphatic rings. The van der Waals surface area contributed by atoms with Crippen LogP contribution >= 0.6 is 0 Å². The molecule has 0 bridgehead atoms. The molecule has 0 aliphatic carbocycles. The van der Waals surface area contributed by atoms with Crippen LogP contribution in [0.4, 0.5) is 23.0 Å². The molecule has 3 rings (SSSR count). The number of ether oxygens (including phenoxy) is 1. The topological polar surface area (TPSA) is 121 Å². The van der Waals surface area contributed by atoms with E-state index in [9.17, 15) is 4.79 Å². The zero-order chi connectivity index (χ0) is 18.5. The number of azo groups is 1. The molecule has 0 amide bonds. The molecule has 0 atom stereocenters. The minimum absolute atomic E-state index is 0.179. The number of anilines is 2. The smallest absolute Gasteiger partial charge is 0.338 e. The fourth-order valence-electron chi connectivity index (χ4n) is 2.30. The van der Waals surface area contributed by atoms with E-state index in [4.69, 9.17) is 16.2 Å². The molecule has 26 heavy (non-hydrogen) atoms. The van der Waals surface area contributed by atoms with Gasteiger partial charge < -0.3 is 16.2 Å². The predicted molar refractivity (Wildman–Crippen MR) is 99.0 cm³/mol. The van der Waals surface area contributed by atoms with Crippen LogP contribution in [0.15, 0.2) is 64.8 Å². The van der Waals surface area contributed by atoms with E-state index in [1.165, 1.54) is 4.68 Å². The van der Waals surface area contributed by atoms with Gasteiger partial charge in [0.1, 0.15) is 0 Å². The molecule has 0 aliphatic heterocycles. The summed E-state index contributed by atoms with van der Waals surface area (Å²) < 4.78 is 6.44. The summed E-state index contributed by atoms with van der Waals surface area (Å²) in [6, 6.07) is 15.9. The van der Waals surface area contributed by atoms with Crippen LogP contribution < -0.4 is 11.5 Å². The van der Waals surface area contributed by atoms with E-state index in [0.29, 0.717) is 29.4 Å². The maximum Gasteiger partial charge on any atom is 0.338 e. The number of aromatic nitrogens is 2. The van der Waals surface area contributed by atoms with Gasteiger partial charge in [-0.05, 0) is 43.3 Å². The number of rotatable bonds is 5. The lowest BCUT2D eigenvalue weighted by molar-refractivity contribution is 0.0526. The molecule has 8 nitrogen and oxygen atoms in total. The highest BCUT2D eigenvalue weighted by Gasteiger charge is 2.14. The number of carbonyl (C=O) groups excluding carboxylic acids is 1. The monoisotopic (exact) mass is 350 g/mol. The fourth-order valence-corrected chi connectivity index (χ4v) is 2.30. The van der Waals surface area contributed by atoms with Gasteiger partial charge in [-0.1, -0.05) is 18.2 Å². The zero-order valence-corrected chi connectivity index (χ0v) is 14.2. The van der Waals surface area contributed by atoms with E-state index < -0.39 is 0 Å². The average Bonchev–Trinajstić information content (AvgIpc) is 2.95. The Balaban J connectivity index is 1.83. The minimum atomic E-state index is -0.381. The Bertz CT molecular complexity index is 932. The number of para-hydroxylation sites is 1. The summed E-state index contributed by atoms with van der Waals surface area (Å²) in [6.07, 6.45) is 0. The molecule has 0 unspecified atom stereocenters. The third-order valence-corrected chi connectivity index (χ3v) is 3.57. The second-order valence-electron chi connectivity index (χ2n) is 5.33. The average molecular weight is 350 g/mol. The minimum Gasteiger partial charge on any atom is -0.462 e. The zero-order valence-electron chi connectivity index (χ0n) is 14.2. The Labute approximate surface area is 150 Å². The summed E-state index contributed by atoms with van der Waals surface area (Å²) in [6.45, 7) is 2.08. The van der Waals surface area contributed by atoms with Gasteiger partial charge in [-0.2, -0.15) is 5.11 Å². The largest absolute Gasteiger partial charge is 0.462 e. The third kappa shape index (κ3) is 3.54. The Morgan fingerprint density at radius 2 is 1.77 bits per heavy atom. The van der Waals surface area contributed by atoms with Gasteiger partial charge in [-0.15, -0.1) is 10.2 Å². The molecule has 1 aromatic heterocycles. The van der Waals surface area contributed by atoms with Crippen molar-refractivity contribution in [2.75, 3.05) is 18.1 Å². The first-order chi connectivity index (χ1) is 12.6. The molecule has 3 aromatic rings.